The van der Waals surface area contributed by atoms with Gasteiger partial charge in [0, 0.05) is 18.5 Å². The maximum absolute atomic E-state index is 12.3. The lowest BCUT2D eigenvalue weighted by atomic mass is 9.96. The molecule has 0 spiro atoms. The molecule has 0 radical (unpaired) electrons. The van der Waals surface area contributed by atoms with Gasteiger partial charge in [0.05, 0.1) is 19.1 Å². The van der Waals surface area contributed by atoms with Gasteiger partial charge in [-0.2, -0.15) is 0 Å². The highest BCUT2D eigenvalue weighted by molar-refractivity contribution is 5.96. The van der Waals surface area contributed by atoms with Gasteiger partial charge in [-0.15, -0.1) is 0 Å². The lowest BCUT2D eigenvalue weighted by Crippen LogP contribution is -2.38. The predicted molar refractivity (Wildman–Crippen MR) is 92.4 cm³/mol. The molecule has 5 heteroatoms. The maximum Gasteiger partial charge on any atom is 0.309 e. The van der Waals surface area contributed by atoms with Crippen LogP contribution in [0.4, 0.5) is 0 Å². The second kappa shape index (κ2) is 9.42. The zero-order valence-electron chi connectivity index (χ0n) is 14.6. The molecule has 0 aliphatic carbocycles. The number of esters is 1. The molecule has 0 N–H and O–H groups in total. The van der Waals surface area contributed by atoms with Crippen LogP contribution in [0.25, 0.3) is 0 Å². The zero-order chi connectivity index (χ0) is 17.4. The van der Waals surface area contributed by atoms with Gasteiger partial charge in [-0.25, -0.2) is 0 Å². The van der Waals surface area contributed by atoms with Crippen LogP contribution in [-0.2, 0) is 9.53 Å². The Morgan fingerprint density at radius 1 is 1.08 bits per heavy atom. The molecule has 1 aliphatic rings. The van der Waals surface area contributed by atoms with Crippen LogP contribution in [0.15, 0.2) is 24.3 Å². The summed E-state index contributed by atoms with van der Waals surface area (Å²) in [5.74, 6) is 0.867. The number of carbonyl (C=O) groups excluding carboxylic acids is 2. The Labute approximate surface area is 143 Å². The Morgan fingerprint density at radius 3 is 2.33 bits per heavy atom. The van der Waals surface area contributed by atoms with Gasteiger partial charge >= 0.3 is 5.97 Å². The monoisotopic (exact) mass is 333 g/mol. The number of hydrogen-bond donors (Lipinski definition) is 0. The van der Waals surface area contributed by atoms with Gasteiger partial charge in [0.15, 0.2) is 5.78 Å². The lowest BCUT2D eigenvalue weighted by molar-refractivity contribution is -0.149. The molecule has 132 valence electrons. The van der Waals surface area contributed by atoms with Crippen LogP contribution in [0.5, 0.6) is 5.75 Å². The number of likely N-dealkylation sites (tertiary alicyclic amines) is 1. The van der Waals surface area contributed by atoms with Crippen molar-refractivity contribution >= 4 is 11.8 Å². The first-order valence-corrected chi connectivity index (χ1v) is 8.79. The van der Waals surface area contributed by atoms with Crippen LogP contribution in [0, 0.1) is 5.92 Å². The van der Waals surface area contributed by atoms with E-state index in [9.17, 15) is 9.59 Å². The van der Waals surface area contributed by atoms with Crippen molar-refractivity contribution in [2.45, 2.75) is 33.1 Å². The van der Waals surface area contributed by atoms with Gasteiger partial charge in [0.2, 0.25) is 0 Å². The van der Waals surface area contributed by atoms with Crippen LogP contribution >= 0.6 is 0 Å². The Hall–Kier alpha value is -1.88. The van der Waals surface area contributed by atoms with E-state index in [0.717, 1.165) is 43.8 Å². The predicted octanol–water partition coefficient (Wildman–Crippen LogP) is 2.93. The smallest absolute Gasteiger partial charge is 0.309 e. The molecule has 0 unspecified atom stereocenters. The standard InChI is InChI=1S/C19H27NO4/c1-3-23-17-7-5-15(6-8-17)18(21)11-14-20-12-9-16(10-13-20)19(22)24-4-2/h5-8,16H,3-4,9-14H2,1-2H3. The van der Waals surface area contributed by atoms with Crippen molar-refractivity contribution < 1.29 is 19.1 Å². The van der Waals surface area contributed by atoms with Crippen LogP contribution in [-0.4, -0.2) is 49.5 Å². The molecule has 1 aromatic carbocycles. The average molecular weight is 333 g/mol. The Morgan fingerprint density at radius 2 is 1.75 bits per heavy atom. The van der Waals surface area contributed by atoms with E-state index in [4.69, 9.17) is 9.47 Å². The van der Waals surface area contributed by atoms with Crippen molar-refractivity contribution in [3.05, 3.63) is 29.8 Å². The molecule has 0 atom stereocenters. The number of nitrogens with zero attached hydrogens (tertiary/aromatic N) is 1. The summed E-state index contributed by atoms with van der Waals surface area (Å²) >= 11 is 0. The topological polar surface area (TPSA) is 55.8 Å². The molecule has 0 aromatic heterocycles. The molecule has 0 bridgehead atoms. The zero-order valence-corrected chi connectivity index (χ0v) is 14.6. The number of ether oxygens (including phenoxy) is 2. The number of piperidine rings is 1. The summed E-state index contributed by atoms with van der Waals surface area (Å²) in [5.41, 5.74) is 0.722. The summed E-state index contributed by atoms with van der Waals surface area (Å²) in [6, 6.07) is 7.31. The summed E-state index contributed by atoms with van der Waals surface area (Å²) in [4.78, 5) is 26.2. The summed E-state index contributed by atoms with van der Waals surface area (Å²) in [6.45, 7) is 7.26. The number of benzene rings is 1. The maximum atomic E-state index is 12.3. The molecule has 1 fully saturated rings. The first-order chi connectivity index (χ1) is 11.6. The fourth-order valence-electron chi connectivity index (χ4n) is 2.96. The minimum atomic E-state index is -0.0809. The van der Waals surface area contributed by atoms with E-state index in [0.29, 0.717) is 19.6 Å². The van der Waals surface area contributed by atoms with Gasteiger partial charge in [-0.05, 0) is 64.0 Å². The second-order valence-corrected chi connectivity index (χ2v) is 6.00. The number of hydrogen-bond acceptors (Lipinski definition) is 5. The van der Waals surface area contributed by atoms with Crippen molar-refractivity contribution in [2.75, 3.05) is 32.8 Å². The van der Waals surface area contributed by atoms with Gasteiger partial charge in [0.25, 0.3) is 0 Å². The largest absolute Gasteiger partial charge is 0.494 e. The normalized spacial score (nSPS) is 15.9. The number of rotatable bonds is 8. The summed E-state index contributed by atoms with van der Waals surface area (Å²) in [7, 11) is 0. The lowest BCUT2D eigenvalue weighted by Gasteiger charge is -2.30. The van der Waals surface area contributed by atoms with Gasteiger partial charge in [0.1, 0.15) is 5.75 Å². The molecule has 1 aromatic rings. The van der Waals surface area contributed by atoms with Crippen molar-refractivity contribution in [3.63, 3.8) is 0 Å². The Balaban J connectivity index is 1.73. The van der Waals surface area contributed by atoms with E-state index in [1.807, 2.05) is 38.1 Å². The van der Waals surface area contributed by atoms with E-state index >= 15 is 0 Å². The van der Waals surface area contributed by atoms with Crippen molar-refractivity contribution in [1.82, 2.24) is 4.90 Å². The molecule has 0 amide bonds. The number of Topliss-reactive ketones (excluding diaryl/α,β-unsaturated/α-hetero) is 1. The molecule has 24 heavy (non-hydrogen) atoms. The fourth-order valence-corrected chi connectivity index (χ4v) is 2.96. The first kappa shape index (κ1) is 18.5. The molecule has 1 heterocycles. The van der Waals surface area contributed by atoms with Crippen LogP contribution < -0.4 is 4.74 Å². The fraction of sp³-hybridized carbons (Fsp3) is 0.579. The highest BCUT2D eigenvalue weighted by Crippen LogP contribution is 2.19. The van der Waals surface area contributed by atoms with Crippen molar-refractivity contribution in [3.8, 4) is 5.75 Å². The van der Waals surface area contributed by atoms with Gasteiger partial charge in [-0.1, -0.05) is 0 Å². The minimum absolute atomic E-state index is 0.0167. The number of ketones is 1. The van der Waals surface area contributed by atoms with Crippen molar-refractivity contribution in [2.24, 2.45) is 5.92 Å². The SMILES string of the molecule is CCOC(=O)C1CCN(CCC(=O)c2ccc(OCC)cc2)CC1. The van der Waals surface area contributed by atoms with Crippen LogP contribution in [0.2, 0.25) is 0 Å². The van der Waals surface area contributed by atoms with E-state index in [1.165, 1.54) is 0 Å². The first-order valence-electron chi connectivity index (χ1n) is 8.79. The van der Waals surface area contributed by atoms with Gasteiger partial charge in [-0.3, -0.25) is 9.59 Å². The minimum Gasteiger partial charge on any atom is -0.494 e. The van der Waals surface area contributed by atoms with Crippen molar-refractivity contribution in [1.29, 1.82) is 0 Å². The third-order valence-corrected chi connectivity index (χ3v) is 4.35. The summed E-state index contributed by atoms with van der Waals surface area (Å²) in [5, 5.41) is 0. The van der Waals surface area contributed by atoms with E-state index in [2.05, 4.69) is 4.90 Å². The molecule has 1 aliphatic heterocycles. The molecular formula is C19H27NO4. The molecular weight excluding hydrogens is 306 g/mol. The Bertz CT molecular complexity index is 533. The Kier molecular flexibility index (Phi) is 7.25. The third kappa shape index (κ3) is 5.34. The van der Waals surface area contributed by atoms with Gasteiger partial charge < -0.3 is 14.4 Å². The highest BCUT2D eigenvalue weighted by atomic mass is 16.5. The summed E-state index contributed by atoms with van der Waals surface area (Å²) in [6.07, 6.45) is 2.13. The number of carbonyl (C=O) groups is 2. The van der Waals surface area contributed by atoms with E-state index in [1.54, 1.807) is 0 Å². The quantitative estimate of drug-likeness (QED) is 0.541. The van der Waals surface area contributed by atoms with E-state index in [-0.39, 0.29) is 17.7 Å². The molecule has 1 saturated heterocycles. The van der Waals surface area contributed by atoms with Crippen LogP contribution in [0.1, 0.15) is 43.5 Å². The average Bonchev–Trinajstić information content (AvgIpc) is 2.61. The molecule has 5 nitrogen and oxygen atoms in total. The van der Waals surface area contributed by atoms with Crippen LogP contribution in [0.3, 0.4) is 0 Å². The molecule has 2 rings (SSSR count). The molecule has 0 saturated carbocycles. The summed E-state index contributed by atoms with van der Waals surface area (Å²) < 4.78 is 10.5. The van der Waals surface area contributed by atoms with E-state index < -0.39 is 0 Å². The second-order valence-electron chi connectivity index (χ2n) is 6.00. The highest BCUT2D eigenvalue weighted by Gasteiger charge is 2.26. The third-order valence-electron chi connectivity index (χ3n) is 4.35.